The standard InChI is InChI=1S/C18H16FN4O/c19-14-10-8-13(9-11-14)18-21-16(22-23-18)7-3-5-12-4-1-2-6-15(12)17(20)24/h1-2,4,6-11H,3,5H2,(H2,20,24)(H,21,22,23). The molecule has 24 heavy (non-hydrogen) atoms. The predicted molar refractivity (Wildman–Crippen MR) is 88.5 cm³/mol. The van der Waals surface area contributed by atoms with Gasteiger partial charge in [-0.3, -0.25) is 4.79 Å². The fourth-order valence-corrected chi connectivity index (χ4v) is 2.45. The second kappa shape index (κ2) is 7.04. The molecule has 0 unspecified atom stereocenters. The molecule has 6 heteroatoms. The van der Waals surface area contributed by atoms with Crippen LogP contribution >= 0.6 is 0 Å². The van der Waals surface area contributed by atoms with Crippen LogP contribution in [0.5, 0.6) is 0 Å². The van der Waals surface area contributed by atoms with Crippen molar-refractivity contribution in [3.8, 4) is 11.4 Å². The van der Waals surface area contributed by atoms with Gasteiger partial charge < -0.3 is 10.7 Å². The van der Waals surface area contributed by atoms with E-state index in [4.69, 9.17) is 5.73 Å². The molecule has 3 rings (SSSR count). The van der Waals surface area contributed by atoms with Gasteiger partial charge in [0.15, 0.2) is 5.82 Å². The summed E-state index contributed by atoms with van der Waals surface area (Å²) in [6.07, 6.45) is 3.26. The van der Waals surface area contributed by atoms with Gasteiger partial charge in [-0.1, -0.05) is 18.2 Å². The molecule has 0 spiro atoms. The number of benzene rings is 2. The van der Waals surface area contributed by atoms with Crippen molar-refractivity contribution in [3.05, 3.63) is 77.7 Å². The first-order valence-electron chi connectivity index (χ1n) is 7.53. The summed E-state index contributed by atoms with van der Waals surface area (Å²) in [4.78, 5) is 14.5. The Bertz CT molecular complexity index is 842. The van der Waals surface area contributed by atoms with Crippen molar-refractivity contribution in [1.82, 2.24) is 15.2 Å². The van der Waals surface area contributed by atoms with Crippen LogP contribution in [-0.2, 0) is 6.42 Å². The average molecular weight is 323 g/mol. The van der Waals surface area contributed by atoms with Crippen molar-refractivity contribution in [3.63, 3.8) is 0 Å². The van der Waals surface area contributed by atoms with E-state index < -0.39 is 5.91 Å². The van der Waals surface area contributed by atoms with E-state index in [1.54, 1.807) is 24.3 Å². The predicted octanol–water partition coefficient (Wildman–Crippen LogP) is 2.89. The second-order valence-electron chi connectivity index (χ2n) is 5.33. The number of primary amides is 1. The number of halogens is 1. The molecule has 1 heterocycles. The molecule has 0 saturated carbocycles. The van der Waals surface area contributed by atoms with Crippen molar-refractivity contribution in [2.75, 3.05) is 0 Å². The van der Waals surface area contributed by atoms with Crippen LogP contribution in [0.1, 0.15) is 28.2 Å². The Hall–Kier alpha value is -3.02. The molecule has 3 aromatic rings. The number of aromatic amines is 1. The maximum absolute atomic E-state index is 12.9. The fraction of sp³-hybridized carbons (Fsp3) is 0.111. The van der Waals surface area contributed by atoms with Crippen LogP contribution in [0.2, 0.25) is 0 Å². The highest BCUT2D eigenvalue weighted by molar-refractivity contribution is 5.94. The Kier molecular flexibility index (Phi) is 4.65. The van der Waals surface area contributed by atoms with Gasteiger partial charge in [-0.05, 0) is 48.7 Å². The number of carbonyl (C=O) groups is 1. The minimum Gasteiger partial charge on any atom is -0.366 e. The van der Waals surface area contributed by atoms with Crippen LogP contribution in [-0.4, -0.2) is 21.1 Å². The van der Waals surface area contributed by atoms with Gasteiger partial charge >= 0.3 is 0 Å². The second-order valence-corrected chi connectivity index (χ2v) is 5.33. The molecule has 0 fully saturated rings. The molecule has 0 aliphatic rings. The van der Waals surface area contributed by atoms with Gasteiger partial charge in [0.2, 0.25) is 5.91 Å². The molecular formula is C18H16FN4O. The van der Waals surface area contributed by atoms with Crippen molar-refractivity contribution in [2.24, 2.45) is 5.73 Å². The molecule has 2 aromatic carbocycles. The van der Waals surface area contributed by atoms with Crippen LogP contribution < -0.4 is 5.73 Å². The average Bonchev–Trinajstić information content (AvgIpc) is 3.05. The van der Waals surface area contributed by atoms with Crippen LogP contribution in [0.15, 0.2) is 48.5 Å². The number of hydrogen-bond acceptors (Lipinski definition) is 3. The lowest BCUT2D eigenvalue weighted by Gasteiger charge is -2.05. The molecule has 1 aromatic heterocycles. The van der Waals surface area contributed by atoms with E-state index in [0.717, 1.165) is 11.1 Å². The summed E-state index contributed by atoms with van der Waals surface area (Å²) in [6, 6.07) is 13.3. The first kappa shape index (κ1) is 15.9. The lowest BCUT2D eigenvalue weighted by atomic mass is 10.0. The van der Waals surface area contributed by atoms with Crippen molar-refractivity contribution < 1.29 is 9.18 Å². The Morgan fingerprint density at radius 3 is 2.62 bits per heavy atom. The molecule has 0 aliphatic heterocycles. The summed E-state index contributed by atoms with van der Waals surface area (Å²) in [6.45, 7) is 0. The van der Waals surface area contributed by atoms with Crippen molar-refractivity contribution in [1.29, 1.82) is 0 Å². The number of aryl methyl sites for hydroxylation is 1. The van der Waals surface area contributed by atoms with E-state index in [9.17, 15) is 9.18 Å². The summed E-state index contributed by atoms with van der Waals surface area (Å²) in [5.41, 5.74) is 7.58. The topological polar surface area (TPSA) is 84.7 Å². The third kappa shape index (κ3) is 3.65. The van der Waals surface area contributed by atoms with Gasteiger partial charge in [-0.25, -0.2) is 4.39 Å². The van der Waals surface area contributed by atoms with Crippen molar-refractivity contribution in [2.45, 2.75) is 12.8 Å². The van der Waals surface area contributed by atoms with Crippen LogP contribution in [0, 0.1) is 12.2 Å². The lowest BCUT2D eigenvalue weighted by molar-refractivity contribution is 0.0999. The number of nitrogens with two attached hydrogens (primary N) is 1. The lowest BCUT2D eigenvalue weighted by Crippen LogP contribution is -2.13. The number of nitrogens with zero attached hydrogens (tertiary/aromatic N) is 2. The van der Waals surface area contributed by atoms with Crippen LogP contribution in [0.25, 0.3) is 11.4 Å². The summed E-state index contributed by atoms with van der Waals surface area (Å²) in [7, 11) is 0. The van der Waals surface area contributed by atoms with Crippen molar-refractivity contribution >= 4 is 5.91 Å². The summed E-state index contributed by atoms with van der Waals surface area (Å²) < 4.78 is 12.9. The van der Waals surface area contributed by atoms with Crippen LogP contribution in [0.4, 0.5) is 4.39 Å². The summed E-state index contributed by atoms with van der Waals surface area (Å²) >= 11 is 0. The largest absolute Gasteiger partial charge is 0.366 e. The number of carbonyl (C=O) groups excluding carboxylic acids is 1. The van der Waals surface area contributed by atoms with E-state index in [2.05, 4.69) is 15.2 Å². The quantitative estimate of drug-likeness (QED) is 0.731. The number of H-pyrrole nitrogens is 1. The highest BCUT2D eigenvalue weighted by Gasteiger charge is 2.09. The Morgan fingerprint density at radius 1 is 1.12 bits per heavy atom. The molecule has 0 atom stereocenters. The molecule has 0 aliphatic carbocycles. The molecule has 1 radical (unpaired) electrons. The number of aromatic nitrogens is 3. The van der Waals surface area contributed by atoms with E-state index in [0.29, 0.717) is 30.1 Å². The van der Waals surface area contributed by atoms with Gasteiger partial charge in [-0.15, -0.1) is 10.2 Å². The number of nitrogens with one attached hydrogen (secondary N) is 1. The normalized spacial score (nSPS) is 10.7. The van der Waals surface area contributed by atoms with Gasteiger partial charge in [0, 0.05) is 17.5 Å². The molecule has 3 N–H and O–H groups in total. The van der Waals surface area contributed by atoms with Crippen LogP contribution in [0.3, 0.4) is 0 Å². The highest BCUT2D eigenvalue weighted by atomic mass is 19.1. The Labute approximate surface area is 138 Å². The van der Waals surface area contributed by atoms with E-state index >= 15 is 0 Å². The first-order chi connectivity index (χ1) is 11.6. The minimum atomic E-state index is -0.427. The zero-order valence-corrected chi connectivity index (χ0v) is 12.9. The number of rotatable bonds is 6. The highest BCUT2D eigenvalue weighted by Crippen LogP contribution is 2.17. The molecule has 121 valence electrons. The van der Waals surface area contributed by atoms with Gasteiger partial charge in [0.1, 0.15) is 11.6 Å². The maximum atomic E-state index is 12.9. The summed E-state index contributed by atoms with van der Waals surface area (Å²) in [5, 5.41) is 8.11. The first-order valence-corrected chi connectivity index (χ1v) is 7.53. The molecule has 1 amide bonds. The Morgan fingerprint density at radius 2 is 1.88 bits per heavy atom. The van der Waals surface area contributed by atoms with Gasteiger partial charge in [0.05, 0.1) is 0 Å². The SMILES string of the molecule is NC(=O)c1ccccc1CC[CH]c1nnc(-c2ccc(F)cc2)[nH]1. The van der Waals surface area contributed by atoms with E-state index in [1.165, 1.54) is 12.1 Å². The summed E-state index contributed by atoms with van der Waals surface area (Å²) in [5.74, 6) is 0.492. The number of hydrogen-bond donors (Lipinski definition) is 2. The zero-order valence-electron chi connectivity index (χ0n) is 12.9. The maximum Gasteiger partial charge on any atom is 0.248 e. The third-order valence-electron chi connectivity index (χ3n) is 3.66. The third-order valence-corrected chi connectivity index (χ3v) is 3.66. The van der Waals surface area contributed by atoms with Gasteiger partial charge in [0.25, 0.3) is 0 Å². The van der Waals surface area contributed by atoms with E-state index in [-0.39, 0.29) is 5.82 Å². The molecule has 5 nitrogen and oxygen atoms in total. The zero-order chi connectivity index (χ0) is 16.9. The molecule has 0 saturated heterocycles. The molecule has 0 bridgehead atoms. The smallest absolute Gasteiger partial charge is 0.248 e. The monoisotopic (exact) mass is 323 g/mol. The molecular weight excluding hydrogens is 307 g/mol. The minimum absolute atomic E-state index is 0.293. The fourth-order valence-electron chi connectivity index (χ4n) is 2.45. The van der Waals surface area contributed by atoms with E-state index in [1.807, 2.05) is 18.6 Å². The number of amides is 1. The Balaban J connectivity index is 1.62. The van der Waals surface area contributed by atoms with Gasteiger partial charge in [-0.2, -0.15) is 0 Å².